The summed E-state index contributed by atoms with van der Waals surface area (Å²) >= 11 is 0. The number of imidazole rings is 1. The van der Waals surface area contributed by atoms with Crippen LogP contribution in [0.4, 0.5) is 19.4 Å². The second-order valence-electron chi connectivity index (χ2n) is 17.0. The second-order valence-corrected chi connectivity index (χ2v) is 17.0. The fourth-order valence-electron chi connectivity index (χ4n) is 8.40. The van der Waals surface area contributed by atoms with Crippen molar-refractivity contribution in [1.82, 2.24) is 29.1 Å². The van der Waals surface area contributed by atoms with Crippen LogP contribution in [0.15, 0.2) is 83.7 Å². The number of amides is 3. The summed E-state index contributed by atoms with van der Waals surface area (Å²) in [6.07, 6.45) is 2.67. The number of aryl methyl sites for hydroxylation is 1. The number of ether oxygens (including phenoxy) is 1. The number of hydrogen-bond acceptors (Lipinski definition) is 8. The van der Waals surface area contributed by atoms with Gasteiger partial charge in [-0.25, -0.2) is 18.4 Å². The lowest BCUT2D eigenvalue weighted by Gasteiger charge is -2.32. The molecule has 0 spiro atoms. The summed E-state index contributed by atoms with van der Waals surface area (Å²) < 4.78 is 37.6. The molecular formula is C46H47F2N7O6. The smallest absolute Gasteiger partial charge is 0.435 e. The van der Waals surface area contributed by atoms with E-state index in [1.165, 1.54) is 16.7 Å². The lowest BCUT2D eigenvalue weighted by Crippen LogP contribution is -2.44. The number of aromatic nitrogens is 4. The molecule has 6 aromatic rings. The zero-order chi connectivity index (χ0) is 43.2. The molecule has 2 aliphatic heterocycles. The summed E-state index contributed by atoms with van der Waals surface area (Å²) in [5.41, 5.74) is 4.52. The summed E-state index contributed by atoms with van der Waals surface area (Å²) in [5, 5.41) is 10.1. The van der Waals surface area contributed by atoms with Crippen molar-refractivity contribution >= 4 is 51.6 Å². The highest BCUT2D eigenvalue weighted by molar-refractivity contribution is 6.09. The molecule has 4 heterocycles. The maximum absolute atomic E-state index is 13.9. The number of likely N-dealkylation sites (tertiary alicyclic amines) is 1. The molecule has 2 N–H and O–H groups in total. The third kappa shape index (κ3) is 8.87. The predicted molar refractivity (Wildman–Crippen MR) is 226 cm³/mol. The molecule has 61 heavy (non-hydrogen) atoms. The largest absolute Gasteiger partial charge is 0.442 e. The molecule has 0 saturated carbocycles. The number of rotatable bonds is 9. The SMILES string of the molecule is Cn1c(=O)n(C2CCC(=O)NC2=O)c2ccc(C3CCN(CCc4ccc(C(=O)Nc5nn(C(=O)OC(C)(C)C)c6ccc(Cc7cc(F)cc(F)c7)cc56)cc4)CC3)cc21. The summed E-state index contributed by atoms with van der Waals surface area (Å²) in [6, 6.07) is 21.1. The van der Waals surface area contributed by atoms with Gasteiger partial charge in [0.2, 0.25) is 11.8 Å². The molecule has 316 valence electrons. The van der Waals surface area contributed by atoms with E-state index < -0.39 is 41.2 Å². The van der Waals surface area contributed by atoms with Crippen LogP contribution in [0.5, 0.6) is 0 Å². The van der Waals surface area contributed by atoms with Crippen molar-refractivity contribution in [3.05, 3.63) is 129 Å². The molecule has 1 atom stereocenters. The first-order chi connectivity index (χ1) is 29.1. The average molecular weight is 832 g/mol. The van der Waals surface area contributed by atoms with E-state index in [9.17, 15) is 32.8 Å². The number of carbonyl (C=O) groups is 4. The first-order valence-electron chi connectivity index (χ1n) is 20.5. The molecule has 2 aliphatic rings. The molecule has 8 rings (SSSR count). The molecule has 2 saturated heterocycles. The summed E-state index contributed by atoms with van der Waals surface area (Å²) in [4.78, 5) is 66.7. The van der Waals surface area contributed by atoms with Crippen molar-refractivity contribution in [3.8, 4) is 0 Å². The van der Waals surface area contributed by atoms with Crippen LogP contribution in [0.25, 0.3) is 21.9 Å². The molecule has 2 fully saturated rings. The monoisotopic (exact) mass is 831 g/mol. The Bertz CT molecular complexity index is 2740. The molecule has 15 heteroatoms. The van der Waals surface area contributed by atoms with E-state index in [2.05, 4.69) is 26.7 Å². The van der Waals surface area contributed by atoms with Crippen LogP contribution in [0.3, 0.4) is 0 Å². The molecule has 2 aromatic heterocycles. The van der Waals surface area contributed by atoms with Gasteiger partial charge in [-0.2, -0.15) is 4.68 Å². The van der Waals surface area contributed by atoms with Gasteiger partial charge in [-0.3, -0.25) is 28.8 Å². The van der Waals surface area contributed by atoms with Crippen molar-refractivity contribution in [2.45, 2.75) is 76.9 Å². The predicted octanol–water partition coefficient (Wildman–Crippen LogP) is 6.99. The zero-order valence-electron chi connectivity index (χ0n) is 34.5. The minimum absolute atomic E-state index is 0.139. The molecule has 4 aromatic carbocycles. The Labute approximate surface area is 350 Å². The Morgan fingerprint density at radius 1 is 0.836 bits per heavy atom. The van der Waals surface area contributed by atoms with Crippen LogP contribution >= 0.6 is 0 Å². The van der Waals surface area contributed by atoms with Gasteiger partial charge in [0.25, 0.3) is 5.91 Å². The zero-order valence-corrected chi connectivity index (χ0v) is 34.5. The van der Waals surface area contributed by atoms with Crippen LogP contribution in [0.2, 0.25) is 0 Å². The number of hydrogen-bond donors (Lipinski definition) is 2. The molecule has 3 amide bonds. The van der Waals surface area contributed by atoms with Gasteiger partial charge < -0.3 is 15.0 Å². The Balaban J connectivity index is 0.899. The molecule has 0 bridgehead atoms. The number of nitrogens with zero attached hydrogens (tertiary/aromatic N) is 5. The van der Waals surface area contributed by atoms with Gasteiger partial charge in [0, 0.05) is 37.0 Å². The third-order valence-electron chi connectivity index (χ3n) is 11.5. The number of fused-ring (bicyclic) bond motifs is 2. The first kappa shape index (κ1) is 41.3. The van der Waals surface area contributed by atoms with Crippen molar-refractivity contribution < 1.29 is 32.7 Å². The van der Waals surface area contributed by atoms with Gasteiger partial charge >= 0.3 is 11.8 Å². The highest BCUT2D eigenvalue weighted by Gasteiger charge is 2.32. The quantitative estimate of drug-likeness (QED) is 0.148. The molecule has 1 unspecified atom stereocenters. The van der Waals surface area contributed by atoms with Crippen LogP contribution in [-0.4, -0.2) is 72.9 Å². The average Bonchev–Trinajstić information content (AvgIpc) is 3.69. The standard InChI is InChI=1S/C46H47F2N7O6/c1-46(2,3)61-45(60)55-36-11-7-28(21-29-22-33(47)26-34(48)23-29)24-35(36)41(51-55)50-42(57)31-8-5-27(6-9-31)15-18-53-19-16-30(17-20-53)32-10-12-37-39(25-32)52(4)44(59)54(37)38-13-14-40(56)49-43(38)58/h5-12,22-26,30,38H,13-21H2,1-4H3,(H,49,56,58)(H,50,51,57). The van der Waals surface area contributed by atoms with Gasteiger partial charge in [0.15, 0.2) is 5.82 Å². The van der Waals surface area contributed by atoms with Gasteiger partial charge in [-0.05, 0) is 143 Å². The van der Waals surface area contributed by atoms with Crippen molar-refractivity contribution in [1.29, 1.82) is 0 Å². The van der Waals surface area contributed by atoms with Crippen molar-refractivity contribution in [2.75, 3.05) is 25.0 Å². The van der Waals surface area contributed by atoms with Gasteiger partial charge in [0.05, 0.1) is 16.6 Å². The molecular weight excluding hydrogens is 785 g/mol. The van der Waals surface area contributed by atoms with E-state index in [4.69, 9.17) is 4.74 Å². The lowest BCUT2D eigenvalue weighted by atomic mass is 9.89. The van der Waals surface area contributed by atoms with E-state index in [1.807, 2.05) is 24.3 Å². The number of nitrogens with one attached hydrogen (secondary N) is 2. The van der Waals surface area contributed by atoms with Gasteiger partial charge in [-0.15, -0.1) is 5.10 Å². The van der Waals surface area contributed by atoms with E-state index in [-0.39, 0.29) is 30.3 Å². The Morgan fingerprint density at radius 3 is 2.21 bits per heavy atom. The summed E-state index contributed by atoms with van der Waals surface area (Å²) in [7, 11) is 1.71. The van der Waals surface area contributed by atoms with Crippen LogP contribution in [-0.2, 0) is 34.2 Å². The van der Waals surface area contributed by atoms with Crippen molar-refractivity contribution in [3.63, 3.8) is 0 Å². The van der Waals surface area contributed by atoms with E-state index in [1.54, 1.807) is 62.7 Å². The van der Waals surface area contributed by atoms with Crippen LogP contribution in [0, 0.1) is 11.6 Å². The highest BCUT2D eigenvalue weighted by atomic mass is 19.1. The van der Waals surface area contributed by atoms with E-state index in [0.717, 1.165) is 66.3 Å². The fraction of sp³-hybridized carbons (Fsp3) is 0.348. The first-order valence-corrected chi connectivity index (χ1v) is 20.5. The highest BCUT2D eigenvalue weighted by Crippen LogP contribution is 2.32. The molecule has 13 nitrogen and oxygen atoms in total. The minimum Gasteiger partial charge on any atom is -0.442 e. The third-order valence-corrected chi connectivity index (χ3v) is 11.5. The summed E-state index contributed by atoms with van der Waals surface area (Å²) in [6.45, 7) is 7.88. The maximum atomic E-state index is 13.9. The Morgan fingerprint density at radius 2 is 1.52 bits per heavy atom. The number of benzene rings is 4. The molecule has 0 radical (unpaired) electrons. The number of carbonyl (C=O) groups excluding carboxylic acids is 4. The van der Waals surface area contributed by atoms with E-state index in [0.29, 0.717) is 45.4 Å². The number of imide groups is 1. The second kappa shape index (κ2) is 16.5. The normalized spacial score (nSPS) is 16.6. The summed E-state index contributed by atoms with van der Waals surface area (Å²) in [5.74, 6) is -2.09. The van der Waals surface area contributed by atoms with Gasteiger partial charge in [-0.1, -0.05) is 24.3 Å². The Hall–Kier alpha value is -6.48. The molecule has 0 aliphatic carbocycles. The maximum Gasteiger partial charge on any atom is 0.435 e. The number of halogens is 2. The lowest BCUT2D eigenvalue weighted by molar-refractivity contribution is -0.135. The van der Waals surface area contributed by atoms with Crippen LogP contribution in [0.1, 0.15) is 91.0 Å². The van der Waals surface area contributed by atoms with Crippen LogP contribution < -0.4 is 16.3 Å². The fourth-order valence-corrected chi connectivity index (χ4v) is 8.40. The Kier molecular flexibility index (Phi) is 11.2. The minimum atomic E-state index is -0.797. The number of anilines is 1. The van der Waals surface area contributed by atoms with Gasteiger partial charge in [0.1, 0.15) is 23.3 Å². The number of piperidine rings is 2. The van der Waals surface area contributed by atoms with Crippen molar-refractivity contribution in [2.24, 2.45) is 7.05 Å². The topological polar surface area (TPSA) is 150 Å². The van der Waals surface area contributed by atoms with E-state index >= 15 is 0 Å².